The highest BCUT2D eigenvalue weighted by molar-refractivity contribution is 5.79. The van der Waals surface area contributed by atoms with Gasteiger partial charge in [0.05, 0.1) is 6.61 Å². The van der Waals surface area contributed by atoms with Gasteiger partial charge in [0.1, 0.15) is 5.52 Å². The number of aliphatic hydroxyl groups excluding tert-OH is 1. The molecule has 0 unspecified atom stereocenters. The first-order valence-electron chi connectivity index (χ1n) is 5.28. The first kappa shape index (κ1) is 9.99. The number of oxazole rings is 1. The maximum atomic E-state index is 9.22. The van der Waals surface area contributed by atoms with Gasteiger partial charge in [-0.1, -0.05) is 12.1 Å². The van der Waals surface area contributed by atoms with Crippen LogP contribution in [-0.4, -0.2) is 15.1 Å². The van der Waals surface area contributed by atoms with E-state index in [4.69, 9.17) is 4.42 Å². The second-order valence-electron chi connectivity index (χ2n) is 3.68. The number of benzene rings is 1. The summed E-state index contributed by atoms with van der Waals surface area (Å²) in [6.45, 7) is -0.0533. The maximum Gasteiger partial charge on any atom is 0.227 e. The number of fused-ring (bicyclic) bond motifs is 1. The van der Waals surface area contributed by atoms with Gasteiger partial charge in [-0.2, -0.15) is 0 Å². The van der Waals surface area contributed by atoms with Crippen molar-refractivity contribution in [2.24, 2.45) is 0 Å². The van der Waals surface area contributed by atoms with Crippen LogP contribution in [0.25, 0.3) is 22.6 Å². The molecule has 17 heavy (non-hydrogen) atoms. The normalized spacial score (nSPS) is 10.9. The fraction of sp³-hybridized carbons (Fsp3) is 0.0769. The molecule has 0 radical (unpaired) electrons. The van der Waals surface area contributed by atoms with Crippen LogP contribution in [0.2, 0.25) is 0 Å². The summed E-state index contributed by atoms with van der Waals surface area (Å²) >= 11 is 0. The van der Waals surface area contributed by atoms with Crippen molar-refractivity contribution in [2.45, 2.75) is 6.61 Å². The van der Waals surface area contributed by atoms with Crippen molar-refractivity contribution in [3.8, 4) is 11.5 Å². The summed E-state index contributed by atoms with van der Waals surface area (Å²) in [7, 11) is 0. The lowest BCUT2D eigenvalue weighted by molar-refractivity contribution is 0.282. The lowest BCUT2D eigenvalue weighted by Crippen LogP contribution is -1.81. The van der Waals surface area contributed by atoms with Crippen molar-refractivity contribution in [1.29, 1.82) is 0 Å². The van der Waals surface area contributed by atoms with Crippen LogP contribution in [-0.2, 0) is 6.61 Å². The zero-order chi connectivity index (χ0) is 11.7. The highest BCUT2D eigenvalue weighted by Crippen LogP contribution is 2.25. The molecule has 0 aliphatic rings. The zero-order valence-electron chi connectivity index (χ0n) is 9.00. The van der Waals surface area contributed by atoms with Crippen molar-refractivity contribution in [3.05, 3.63) is 48.3 Å². The number of hydrogen-bond donors (Lipinski definition) is 1. The van der Waals surface area contributed by atoms with E-state index in [2.05, 4.69) is 9.97 Å². The second-order valence-corrected chi connectivity index (χ2v) is 3.68. The Bertz CT molecular complexity index is 647. The van der Waals surface area contributed by atoms with Gasteiger partial charge < -0.3 is 9.52 Å². The summed E-state index contributed by atoms with van der Waals surface area (Å²) in [6.07, 6.45) is 3.38. The molecular formula is C13H10N2O2. The first-order chi connectivity index (χ1) is 8.38. The van der Waals surface area contributed by atoms with Crippen LogP contribution in [0.5, 0.6) is 0 Å². The van der Waals surface area contributed by atoms with Crippen molar-refractivity contribution < 1.29 is 9.52 Å². The Balaban J connectivity index is 2.20. The molecule has 0 saturated heterocycles. The molecule has 0 aliphatic carbocycles. The third-order valence-corrected chi connectivity index (χ3v) is 2.59. The Morgan fingerprint density at radius 3 is 2.71 bits per heavy atom. The maximum absolute atomic E-state index is 9.22. The number of aliphatic hydroxyl groups is 1. The summed E-state index contributed by atoms with van der Waals surface area (Å²) in [5, 5.41) is 9.22. The standard InChI is InChI=1S/C13H10N2O2/c16-8-10-2-1-3-11-12(10)17-13(15-11)9-4-6-14-7-5-9/h1-7,16H,8H2. The van der Waals surface area contributed by atoms with Crippen molar-refractivity contribution >= 4 is 11.1 Å². The molecule has 2 heterocycles. The van der Waals surface area contributed by atoms with Gasteiger partial charge in [-0.05, 0) is 18.2 Å². The van der Waals surface area contributed by atoms with Crippen molar-refractivity contribution in [1.82, 2.24) is 9.97 Å². The minimum Gasteiger partial charge on any atom is -0.436 e. The molecule has 0 bridgehead atoms. The second kappa shape index (κ2) is 3.99. The van der Waals surface area contributed by atoms with Crippen molar-refractivity contribution in [2.75, 3.05) is 0 Å². The molecule has 1 N–H and O–H groups in total. The van der Waals surface area contributed by atoms with E-state index in [-0.39, 0.29) is 6.61 Å². The molecule has 3 rings (SSSR count). The van der Waals surface area contributed by atoms with Crippen LogP contribution < -0.4 is 0 Å². The summed E-state index contributed by atoms with van der Waals surface area (Å²) < 4.78 is 5.68. The van der Waals surface area contributed by atoms with Gasteiger partial charge in [-0.25, -0.2) is 4.98 Å². The largest absolute Gasteiger partial charge is 0.436 e. The Labute approximate surface area is 97.6 Å². The van der Waals surface area contributed by atoms with E-state index in [1.807, 2.05) is 30.3 Å². The molecule has 0 fully saturated rings. The topological polar surface area (TPSA) is 59.2 Å². The predicted molar refractivity (Wildman–Crippen MR) is 63.2 cm³/mol. The van der Waals surface area contributed by atoms with Gasteiger partial charge in [0.15, 0.2) is 5.58 Å². The van der Waals surface area contributed by atoms with Crippen molar-refractivity contribution in [3.63, 3.8) is 0 Å². The van der Waals surface area contributed by atoms with E-state index in [1.165, 1.54) is 0 Å². The third kappa shape index (κ3) is 1.68. The summed E-state index contributed by atoms with van der Waals surface area (Å²) in [5.74, 6) is 0.545. The molecule has 0 atom stereocenters. The minimum atomic E-state index is -0.0533. The molecule has 4 nitrogen and oxygen atoms in total. The van der Waals surface area contributed by atoms with Gasteiger partial charge in [-0.3, -0.25) is 4.98 Å². The lowest BCUT2D eigenvalue weighted by atomic mass is 10.2. The Hall–Kier alpha value is -2.20. The first-order valence-corrected chi connectivity index (χ1v) is 5.28. The molecule has 1 aromatic carbocycles. The molecule has 0 aliphatic heterocycles. The van der Waals surface area contributed by atoms with E-state index in [1.54, 1.807) is 12.4 Å². The number of pyridine rings is 1. The molecule has 2 aromatic heterocycles. The van der Waals surface area contributed by atoms with E-state index < -0.39 is 0 Å². The molecule has 0 spiro atoms. The number of rotatable bonds is 2. The van der Waals surface area contributed by atoms with E-state index in [0.717, 1.165) is 16.6 Å². The van der Waals surface area contributed by atoms with Gasteiger partial charge >= 0.3 is 0 Å². The fourth-order valence-electron chi connectivity index (χ4n) is 1.75. The van der Waals surface area contributed by atoms with Crippen LogP contribution in [0.3, 0.4) is 0 Å². The molecule has 3 aromatic rings. The number of hydrogen-bond acceptors (Lipinski definition) is 4. The van der Waals surface area contributed by atoms with Gasteiger partial charge in [0.2, 0.25) is 5.89 Å². The monoisotopic (exact) mass is 226 g/mol. The molecule has 84 valence electrons. The average Bonchev–Trinajstić information content (AvgIpc) is 2.83. The van der Waals surface area contributed by atoms with Crippen LogP contribution >= 0.6 is 0 Å². The third-order valence-electron chi connectivity index (χ3n) is 2.59. The molecule has 0 saturated carbocycles. The quantitative estimate of drug-likeness (QED) is 0.728. The van der Waals surface area contributed by atoms with Gasteiger partial charge in [0.25, 0.3) is 0 Å². The van der Waals surface area contributed by atoms with Gasteiger partial charge in [0, 0.05) is 23.5 Å². The van der Waals surface area contributed by atoms with Gasteiger partial charge in [-0.15, -0.1) is 0 Å². The summed E-state index contributed by atoms with van der Waals surface area (Å²) in [4.78, 5) is 8.34. The number of para-hydroxylation sites is 1. The molecule has 4 heteroatoms. The number of nitrogens with zero attached hydrogens (tertiary/aromatic N) is 2. The highest BCUT2D eigenvalue weighted by atomic mass is 16.3. The Morgan fingerprint density at radius 2 is 1.94 bits per heavy atom. The van der Waals surface area contributed by atoms with Crippen LogP contribution in [0.4, 0.5) is 0 Å². The van der Waals surface area contributed by atoms with E-state index in [9.17, 15) is 5.11 Å². The highest BCUT2D eigenvalue weighted by Gasteiger charge is 2.10. The SMILES string of the molecule is OCc1cccc2nc(-c3ccncc3)oc12. The number of aromatic nitrogens is 2. The zero-order valence-corrected chi connectivity index (χ0v) is 9.00. The van der Waals surface area contributed by atoms with E-state index in [0.29, 0.717) is 11.5 Å². The van der Waals surface area contributed by atoms with Crippen LogP contribution in [0.15, 0.2) is 47.1 Å². The van der Waals surface area contributed by atoms with Crippen LogP contribution in [0, 0.1) is 0 Å². The molecule has 0 amide bonds. The minimum absolute atomic E-state index is 0.0533. The summed E-state index contributed by atoms with van der Waals surface area (Å²) in [6, 6.07) is 9.21. The van der Waals surface area contributed by atoms with E-state index >= 15 is 0 Å². The lowest BCUT2D eigenvalue weighted by Gasteiger charge is -1.94. The van der Waals surface area contributed by atoms with Crippen LogP contribution in [0.1, 0.15) is 5.56 Å². The molecular weight excluding hydrogens is 216 g/mol. The Kier molecular flexibility index (Phi) is 2.34. The Morgan fingerprint density at radius 1 is 1.12 bits per heavy atom. The average molecular weight is 226 g/mol. The summed E-state index contributed by atoms with van der Waals surface area (Å²) in [5.41, 5.74) is 3.01. The fourth-order valence-corrected chi connectivity index (χ4v) is 1.75. The predicted octanol–water partition coefficient (Wildman–Crippen LogP) is 2.38. The smallest absolute Gasteiger partial charge is 0.227 e.